The van der Waals surface area contributed by atoms with Gasteiger partial charge in [-0.25, -0.2) is 13.6 Å². The number of anilines is 1. The smallest absolute Gasteiger partial charge is 0.238 e. The number of aryl methyl sites for hydroxylation is 1. The Hall–Kier alpha value is -1.60. The predicted octanol–water partition coefficient (Wildman–Crippen LogP) is 3.21. The van der Waals surface area contributed by atoms with Crippen molar-refractivity contribution in [3.05, 3.63) is 58.1 Å². The van der Waals surface area contributed by atoms with Crippen LogP contribution in [0.2, 0.25) is 10.0 Å². The number of primary sulfonamides is 1. The molecule has 8 heteroatoms. The highest BCUT2D eigenvalue weighted by Crippen LogP contribution is 2.22. The molecule has 0 spiro atoms. The number of nitrogens with one attached hydrogen (secondary N) is 1. The molecule has 2 aromatic rings. The number of amides is 1. The number of carbonyl (C=O) groups excluding carboxylic acids is 1. The van der Waals surface area contributed by atoms with Crippen molar-refractivity contribution in [1.29, 1.82) is 0 Å². The van der Waals surface area contributed by atoms with E-state index in [2.05, 4.69) is 5.32 Å². The third kappa shape index (κ3) is 5.51. The maximum absolute atomic E-state index is 11.9. The first-order chi connectivity index (χ1) is 10.7. The summed E-state index contributed by atoms with van der Waals surface area (Å²) in [6, 6.07) is 10.9. The van der Waals surface area contributed by atoms with Crippen LogP contribution in [0.1, 0.15) is 12.0 Å². The molecule has 2 rings (SSSR count). The van der Waals surface area contributed by atoms with Crippen molar-refractivity contribution < 1.29 is 13.2 Å². The van der Waals surface area contributed by atoms with E-state index in [9.17, 15) is 13.2 Å². The molecule has 0 saturated heterocycles. The summed E-state index contributed by atoms with van der Waals surface area (Å²) >= 11 is 11.7. The lowest BCUT2D eigenvalue weighted by Crippen LogP contribution is -2.13. The van der Waals surface area contributed by atoms with Gasteiger partial charge in [0.1, 0.15) is 0 Å². The minimum atomic E-state index is -3.70. The maximum atomic E-state index is 11.9. The number of nitrogens with two attached hydrogens (primary N) is 1. The number of carbonyl (C=O) groups is 1. The van der Waals surface area contributed by atoms with Gasteiger partial charge in [0, 0.05) is 22.2 Å². The van der Waals surface area contributed by atoms with Crippen LogP contribution in [0, 0.1) is 0 Å². The normalized spacial score (nSPS) is 11.3. The van der Waals surface area contributed by atoms with E-state index >= 15 is 0 Å². The summed E-state index contributed by atoms with van der Waals surface area (Å²) in [7, 11) is -3.70. The number of halogens is 2. The highest BCUT2D eigenvalue weighted by molar-refractivity contribution is 7.89. The molecule has 0 atom stereocenters. The van der Waals surface area contributed by atoms with Gasteiger partial charge >= 0.3 is 0 Å². The second kappa shape index (κ2) is 7.31. The van der Waals surface area contributed by atoms with Crippen molar-refractivity contribution >= 4 is 44.8 Å². The summed E-state index contributed by atoms with van der Waals surface area (Å²) in [5.74, 6) is -0.196. The van der Waals surface area contributed by atoms with Gasteiger partial charge in [0.25, 0.3) is 0 Å². The van der Waals surface area contributed by atoms with Crippen molar-refractivity contribution in [1.82, 2.24) is 0 Å². The van der Waals surface area contributed by atoms with E-state index < -0.39 is 10.0 Å². The average molecular weight is 373 g/mol. The number of sulfonamides is 1. The van der Waals surface area contributed by atoms with Gasteiger partial charge in [0.05, 0.1) is 4.90 Å². The SMILES string of the molecule is NS(=O)(=O)c1ccc(CCC(=O)Nc2cc(Cl)cc(Cl)c2)cc1. The van der Waals surface area contributed by atoms with E-state index in [1.54, 1.807) is 30.3 Å². The molecule has 5 nitrogen and oxygen atoms in total. The molecular weight excluding hydrogens is 359 g/mol. The van der Waals surface area contributed by atoms with Gasteiger partial charge in [0.15, 0.2) is 0 Å². The van der Waals surface area contributed by atoms with Gasteiger partial charge in [-0.1, -0.05) is 35.3 Å². The number of benzene rings is 2. The van der Waals surface area contributed by atoms with Crippen LogP contribution >= 0.6 is 23.2 Å². The van der Waals surface area contributed by atoms with E-state index in [1.807, 2.05) is 0 Å². The first kappa shape index (κ1) is 17.7. The second-order valence-corrected chi connectivity index (χ2v) is 7.33. The van der Waals surface area contributed by atoms with Crippen LogP contribution in [0.3, 0.4) is 0 Å². The first-order valence-corrected chi connectivity index (χ1v) is 8.92. The van der Waals surface area contributed by atoms with Crippen molar-refractivity contribution in [2.45, 2.75) is 17.7 Å². The van der Waals surface area contributed by atoms with Gasteiger partial charge in [0.2, 0.25) is 15.9 Å². The van der Waals surface area contributed by atoms with Crippen LogP contribution in [0.4, 0.5) is 5.69 Å². The molecule has 0 aromatic heterocycles. The van der Waals surface area contributed by atoms with Crippen molar-refractivity contribution in [2.24, 2.45) is 5.14 Å². The first-order valence-electron chi connectivity index (χ1n) is 6.62. The van der Waals surface area contributed by atoms with E-state index in [0.29, 0.717) is 22.2 Å². The molecule has 3 N–H and O–H groups in total. The Kier molecular flexibility index (Phi) is 5.64. The molecule has 0 aliphatic rings. The zero-order valence-corrected chi connectivity index (χ0v) is 14.3. The lowest BCUT2D eigenvalue weighted by atomic mass is 10.1. The Bertz CT molecular complexity index is 801. The summed E-state index contributed by atoms with van der Waals surface area (Å²) < 4.78 is 22.3. The second-order valence-electron chi connectivity index (χ2n) is 4.90. The summed E-state index contributed by atoms with van der Waals surface area (Å²) in [5, 5.41) is 8.60. The van der Waals surface area contributed by atoms with Crippen LogP contribution < -0.4 is 10.5 Å². The van der Waals surface area contributed by atoms with Gasteiger partial charge in [-0.15, -0.1) is 0 Å². The predicted molar refractivity (Wildman–Crippen MR) is 91.2 cm³/mol. The van der Waals surface area contributed by atoms with E-state index in [4.69, 9.17) is 28.3 Å². The third-order valence-electron chi connectivity index (χ3n) is 3.04. The number of hydrogen-bond acceptors (Lipinski definition) is 3. The lowest BCUT2D eigenvalue weighted by molar-refractivity contribution is -0.116. The monoisotopic (exact) mass is 372 g/mol. The highest BCUT2D eigenvalue weighted by Gasteiger charge is 2.08. The molecule has 0 aliphatic carbocycles. The average Bonchev–Trinajstić information content (AvgIpc) is 2.43. The molecular formula is C15H14Cl2N2O3S. The van der Waals surface area contributed by atoms with Gasteiger partial charge < -0.3 is 5.32 Å². The lowest BCUT2D eigenvalue weighted by Gasteiger charge is -2.07. The van der Waals surface area contributed by atoms with Gasteiger partial charge in [-0.2, -0.15) is 0 Å². The molecule has 0 unspecified atom stereocenters. The van der Waals surface area contributed by atoms with Crippen molar-refractivity contribution in [2.75, 3.05) is 5.32 Å². The largest absolute Gasteiger partial charge is 0.326 e. The molecule has 1 amide bonds. The highest BCUT2D eigenvalue weighted by atomic mass is 35.5. The summed E-state index contributed by atoms with van der Waals surface area (Å²) in [6.45, 7) is 0. The Balaban J connectivity index is 1.94. The molecule has 0 saturated carbocycles. The zero-order chi connectivity index (χ0) is 17.0. The van der Waals surface area contributed by atoms with E-state index in [-0.39, 0.29) is 17.2 Å². The number of hydrogen-bond donors (Lipinski definition) is 2. The van der Waals surface area contributed by atoms with Crippen LogP contribution in [-0.4, -0.2) is 14.3 Å². The molecule has 0 aliphatic heterocycles. The van der Waals surface area contributed by atoms with E-state index in [1.165, 1.54) is 12.1 Å². The molecule has 0 fully saturated rings. The molecule has 23 heavy (non-hydrogen) atoms. The van der Waals surface area contributed by atoms with Crippen molar-refractivity contribution in [3.8, 4) is 0 Å². The minimum absolute atomic E-state index is 0.0410. The molecule has 122 valence electrons. The number of rotatable bonds is 5. The Morgan fingerprint density at radius 2 is 1.61 bits per heavy atom. The van der Waals surface area contributed by atoms with Gasteiger partial charge in [-0.05, 0) is 42.3 Å². The Morgan fingerprint density at radius 3 is 2.13 bits per heavy atom. The van der Waals surface area contributed by atoms with Crippen LogP contribution in [0.5, 0.6) is 0 Å². The Morgan fingerprint density at radius 1 is 1.04 bits per heavy atom. The minimum Gasteiger partial charge on any atom is -0.326 e. The van der Waals surface area contributed by atoms with Crippen LogP contribution in [0.15, 0.2) is 47.4 Å². The molecule has 2 aromatic carbocycles. The summed E-state index contributed by atoms with van der Waals surface area (Å²) in [5.41, 5.74) is 1.36. The quantitative estimate of drug-likeness (QED) is 0.843. The summed E-state index contributed by atoms with van der Waals surface area (Å²) in [6.07, 6.45) is 0.698. The molecule has 0 radical (unpaired) electrons. The van der Waals surface area contributed by atoms with Crippen LogP contribution in [0.25, 0.3) is 0 Å². The molecule has 0 bridgehead atoms. The third-order valence-corrected chi connectivity index (χ3v) is 4.40. The fourth-order valence-electron chi connectivity index (χ4n) is 1.95. The van der Waals surface area contributed by atoms with Gasteiger partial charge in [-0.3, -0.25) is 4.79 Å². The van der Waals surface area contributed by atoms with Crippen molar-refractivity contribution in [3.63, 3.8) is 0 Å². The maximum Gasteiger partial charge on any atom is 0.238 e. The van der Waals surface area contributed by atoms with E-state index in [0.717, 1.165) is 5.56 Å². The fraction of sp³-hybridized carbons (Fsp3) is 0.133. The zero-order valence-electron chi connectivity index (χ0n) is 11.9. The topological polar surface area (TPSA) is 89.3 Å². The molecule has 0 heterocycles. The Labute approximate surface area is 144 Å². The van der Waals surface area contributed by atoms with Crippen LogP contribution in [-0.2, 0) is 21.2 Å². The fourth-order valence-corrected chi connectivity index (χ4v) is 2.99. The standard InChI is InChI=1S/C15H14Cl2N2O3S/c16-11-7-12(17)9-13(8-11)19-15(20)6-3-10-1-4-14(5-2-10)23(18,21)22/h1-2,4-5,7-9H,3,6H2,(H,19,20)(H2,18,21,22). The summed E-state index contributed by atoms with van der Waals surface area (Å²) in [4.78, 5) is 12.0.